The number of hydrogen-bond acceptors (Lipinski definition) is 2. The van der Waals surface area contributed by atoms with Crippen LogP contribution in [-0.4, -0.2) is 5.66 Å². The quantitative estimate of drug-likeness (QED) is 0.189. The summed E-state index contributed by atoms with van der Waals surface area (Å²) < 4.78 is 0. The SMILES string of the molecule is C(=Cc1ccccc1)C1=CCC(N(c2ccccc2)c2ccccc2)(N(c2ccccc2)c2ccccc2)C=C1. The summed E-state index contributed by atoms with van der Waals surface area (Å²) in [5.74, 6) is 0. The molecule has 1 aliphatic rings. The Morgan fingerprint density at radius 1 is 0.450 bits per heavy atom. The summed E-state index contributed by atoms with van der Waals surface area (Å²) in [5.41, 5.74) is 6.35. The molecule has 0 heterocycles. The minimum absolute atomic E-state index is 0.560. The molecular formula is C38H32N2. The lowest BCUT2D eigenvalue weighted by atomic mass is 9.90. The highest BCUT2D eigenvalue weighted by molar-refractivity contribution is 5.76. The molecule has 0 aliphatic heterocycles. The van der Waals surface area contributed by atoms with Crippen LogP contribution in [0.25, 0.3) is 6.08 Å². The summed E-state index contributed by atoms with van der Waals surface area (Å²) in [7, 11) is 0. The zero-order valence-electron chi connectivity index (χ0n) is 22.4. The van der Waals surface area contributed by atoms with E-state index in [0.29, 0.717) is 0 Å². The van der Waals surface area contributed by atoms with Crippen molar-refractivity contribution in [3.05, 3.63) is 187 Å². The van der Waals surface area contributed by atoms with E-state index in [4.69, 9.17) is 0 Å². The van der Waals surface area contributed by atoms with Gasteiger partial charge in [0.15, 0.2) is 0 Å². The second-order valence-corrected chi connectivity index (χ2v) is 9.88. The normalized spacial score (nSPS) is 14.1. The largest absolute Gasteiger partial charge is 0.314 e. The van der Waals surface area contributed by atoms with Crippen molar-refractivity contribution in [1.29, 1.82) is 0 Å². The first-order chi connectivity index (χ1) is 19.8. The zero-order chi connectivity index (χ0) is 27.0. The number of anilines is 4. The molecule has 5 aromatic carbocycles. The van der Waals surface area contributed by atoms with E-state index in [-0.39, 0.29) is 0 Å². The Morgan fingerprint density at radius 3 is 1.18 bits per heavy atom. The number of nitrogens with zero attached hydrogens (tertiary/aromatic N) is 2. The maximum absolute atomic E-state index is 2.47. The van der Waals surface area contributed by atoms with Crippen LogP contribution in [0, 0.1) is 0 Å². The highest BCUT2D eigenvalue weighted by Crippen LogP contribution is 2.46. The van der Waals surface area contributed by atoms with Crippen LogP contribution in [0.15, 0.2) is 182 Å². The van der Waals surface area contributed by atoms with Gasteiger partial charge in [0, 0.05) is 29.2 Å². The van der Waals surface area contributed by atoms with Gasteiger partial charge in [-0.25, -0.2) is 0 Å². The third kappa shape index (κ3) is 5.25. The third-order valence-corrected chi connectivity index (χ3v) is 7.28. The van der Waals surface area contributed by atoms with E-state index in [9.17, 15) is 0 Å². The van der Waals surface area contributed by atoms with E-state index in [0.717, 1.165) is 29.2 Å². The Balaban J connectivity index is 1.54. The molecule has 40 heavy (non-hydrogen) atoms. The molecule has 0 fully saturated rings. The van der Waals surface area contributed by atoms with Crippen LogP contribution in [0.5, 0.6) is 0 Å². The van der Waals surface area contributed by atoms with Gasteiger partial charge in [-0.2, -0.15) is 0 Å². The molecule has 6 rings (SSSR count). The van der Waals surface area contributed by atoms with E-state index in [2.05, 4.69) is 192 Å². The van der Waals surface area contributed by atoms with Crippen molar-refractivity contribution in [3.63, 3.8) is 0 Å². The molecule has 0 N–H and O–H groups in total. The predicted octanol–water partition coefficient (Wildman–Crippen LogP) is 9.96. The van der Waals surface area contributed by atoms with Crippen LogP contribution < -0.4 is 9.80 Å². The van der Waals surface area contributed by atoms with Crippen molar-refractivity contribution in [1.82, 2.24) is 0 Å². The third-order valence-electron chi connectivity index (χ3n) is 7.28. The Kier molecular flexibility index (Phi) is 7.41. The smallest absolute Gasteiger partial charge is 0.145 e. The summed E-state index contributed by atoms with van der Waals surface area (Å²) in [5, 5.41) is 0. The van der Waals surface area contributed by atoms with Crippen LogP contribution in [0.4, 0.5) is 22.7 Å². The molecule has 0 saturated heterocycles. The molecule has 0 radical (unpaired) electrons. The van der Waals surface area contributed by atoms with Crippen molar-refractivity contribution in [3.8, 4) is 0 Å². The lowest BCUT2D eigenvalue weighted by Gasteiger charge is -2.52. The van der Waals surface area contributed by atoms with Crippen molar-refractivity contribution >= 4 is 28.8 Å². The van der Waals surface area contributed by atoms with E-state index in [1.807, 2.05) is 0 Å². The van der Waals surface area contributed by atoms with Gasteiger partial charge in [0.2, 0.25) is 0 Å². The highest BCUT2D eigenvalue weighted by atomic mass is 15.4. The Morgan fingerprint density at radius 2 is 0.825 bits per heavy atom. The molecule has 0 spiro atoms. The van der Waals surface area contributed by atoms with E-state index in [1.165, 1.54) is 11.1 Å². The second kappa shape index (κ2) is 11.8. The first-order valence-electron chi connectivity index (χ1n) is 13.8. The van der Waals surface area contributed by atoms with Gasteiger partial charge in [-0.1, -0.05) is 127 Å². The standard InChI is InChI=1S/C38H32N2/c1-6-16-32(17-7-1)26-27-33-28-30-38(31-29-33,39(34-18-8-2-9-19-34)35-20-10-3-11-21-35)40(36-22-12-4-13-23-36)37-24-14-5-15-25-37/h1-30H,31H2. The first-order valence-corrected chi connectivity index (χ1v) is 13.8. The van der Waals surface area contributed by atoms with Crippen LogP contribution in [0.2, 0.25) is 0 Å². The fraction of sp³-hybridized carbons (Fsp3) is 0.0526. The number of benzene rings is 5. The van der Waals surface area contributed by atoms with Gasteiger partial charge in [0.25, 0.3) is 0 Å². The highest BCUT2D eigenvalue weighted by Gasteiger charge is 2.43. The summed E-state index contributed by atoms with van der Waals surface area (Å²) in [6, 6.07) is 53.3. The number of rotatable bonds is 8. The van der Waals surface area contributed by atoms with Crippen LogP contribution in [0.1, 0.15) is 12.0 Å². The molecule has 0 bridgehead atoms. The molecule has 2 heteroatoms. The minimum atomic E-state index is -0.560. The first kappa shape index (κ1) is 25.2. The number of allylic oxidation sites excluding steroid dienone is 3. The van der Waals surface area contributed by atoms with Crippen LogP contribution in [0.3, 0.4) is 0 Å². The molecule has 2 nitrogen and oxygen atoms in total. The fourth-order valence-corrected chi connectivity index (χ4v) is 5.45. The minimum Gasteiger partial charge on any atom is -0.314 e. The summed E-state index contributed by atoms with van der Waals surface area (Å²) in [6.45, 7) is 0. The summed E-state index contributed by atoms with van der Waals surface area (Å²) >= 11 is 0. The van der Waals surface area contributed by atoms with Gasteiger partial charge in [0.1, 0.15) is 5.66 Å². The van der Waals surface area contributed by atoms with Crippen molar-refractivity contribution in [2.24, 2.45) is 0 Å². The number of para-hydroxylation sites is 4. The molecule has 0 unspecified atom stereocenters. The van der Waals surface area contributed by atoms with Crippen LogP contribution in [-0.2, 0) is 0 Å². The second-order valence-electron chi connectivity index (χ2n) is 9.88. The molecule has 0 atom stereocenters. The molecule has 194 valence electrons. The molecular weight excluding hydrogens is 484 g/mol. The zero-order valence-corrected chi connectivity index (χ0v) is 22.4. The summed E-state index contributed by atoms with van der Waals surface area (Å²) in [4.78, 5) is 4.94. The number of hydrogen-bond donors (Lipinski definition) is 0. The van der Waals surface area contributed by atoms with Crippen LogP contribution >= 0.6 is 0 Å². The molecule has 5 aromatic rings. The van der Waals surface area contributed by atoms with Crippen molar-refractivity contribution < 1.29 is 0 Å². The van der Waals surface area contributed by atoms with Gasteiger partial charge in [-0.05, 0) is 65.7 Å². The average molecular weight is 517 g/mol. The fourth-order valence-electron chi connectivity index (χ4n) is 5.45. The Hall–Kier alpha value is -5.08. The molecule has 0 amide bonds. The van der Waals surface area contributed by atoms with E-state index in [1.54, 1.807) is 0 Å². The molecule has 0 aromatic heterocycles. The lowest BCUT2D eigenvalue weighted by molar-refractivity contribution is 0.523. The van der Waals surface area contributed by atoms with Gasteiger partial charge in [-0.15, -0.1) is 0 Å². The van der Waals surface area contributed by atoms with Gasteiger partial charge >= 0.3 is 0 Å². The maximum Gasteiger partial charge on any atom is 0.145 e. The summed E-state index contributed by atoms with van der Waals surface area (Å²) in [6.07, 6.45) is 12.2. The van der Waals surface area contributed by atoms with Gasteiger partial charge < -0.3 is 9.80 Å². The van der Waals surface area contributed by atoms with Gasteiger partial charge in [0.05, 0.1) is 0 Å². The predicted molar refractivity (Wildman–Crippen MR) is 170 cm³/mol. The average Bonchev–Trinajstić information content (AvgIpc) is 3.04. The Bertz CT molecular complexity index is 1430. The molecule has 0 saturated carbocycles. The topological polar surface area (TPSA) is 6.48 Å². The van der Waals surface area contributed by atoms with Crippen molar-refractivity contribution in [2.45, 2.75) is 12.1 Å². The lowest BCUT2D eigenvalue weighted by Crippen LogP contribution is -2.57. The Labute approximate surface area is 237 Å². The van der Waals surface area contributed by atoms with Crippen molar-refractivity contribution in [2.75, 3.05) is 9.80 Å². The van der Waals surface area contributed by atoms with E-state index >= 15 is 0 Å². The monoisotopic (exact) mass is 516 g/mol. The maximum atomic E-state index is 2.47. The molecule has 1 aliphatic carbocycles. The van der Waals surface area contributed by atoms with Gasteiger partial charge in [-0.3, -0.25) is 0 Å². The van der Waals surface area contributed by atoms with E-state index < -0.39 is 5.66 Å².